The highest BCUT2D eigenvalue weighted by molar-refractivity contribution is 7.99. The van der Waals surface area contributed by atoms with Crippen molar-refractivity contribution in [1.29, 1.82) is 0 Å². The van der Waals surface area contributed by atoms with Gasteiger partial charge in [0.05, 0.1) is 5.75 Å². The minimum Gasteiger partial charge on any atom is -0.305 e. The van der Waals surface area contributed by atoms with Gasteiger partial charge in [0.15, 0.2) is 10.3 Å². The predicted octanol–water partition coefficient (Wildman–Crippen LogP) is 4.49. The summed E-state index contributed by atoms with van der Waals surface area (Å²) in [6.45, 7) is 5.31. The van der Waals surface area contributed by atoms with E-state index in [-0.39, 0.29) is 0 Å². The average molecular weight is 386 g/mol. The fraction of sp³-hybridized carbons (Fsp3) is 0.368. The Morgan fingerprint density at radius 3 is 2.54 bits per heavy atom. The first-order valence-electron chi connectivity index (χ1n) is 8.78. The zero-order chi connectivity index (χ0) is 18.2. The number of hydrogen-bond donors (Lipinski definition) is 0. The normalized spacial score (nSPS) is 12.2. The van der Waals surface area contributed by atoms with Crippen LogP contribution in [0, 0.1) is 0 Å². The molecule has 0 N–H and O–H groups in total. The van der Waals surface area contributed by atoms with Gasteiger partial charge in [0.1, 0.15) is 5.82 Å². The van der Waals surface area contributed by atoms with Crippen LogP contribution in [0.2, 0.25) is 0 Å². The monoisotopic (exact) mass is 385 g/mol. The van der Waals surface area contributed by atoms with Gasteiger partial charge in [0.2, 0.25) is 0 Å². The smallest absolute Gasteiger partial charge is 0.191 e. The van der Waals surface area contributed by atoms with Crippen molar-refractivity contribution < 1.29 is 0 Å². The van der Waals surface area contributed by atoms with Gasteiger partial charge in [-0.3, -0.25) is 0 Å². The lowest BCUT2D eigenvalue weighted by Crippen LogP contribution is -2.08. The molecule has 5 nitrogen and oxygen atoms in total. The molecule has 2 heterocycles. The molecule has 1 aromatic carbocycles. The summed E-state index contributed by atoms with van der Waals surface area (Å²) in [5.41, 5.74) is 1.32. The van der Waals surface area contributed by atoms with Gasteiger partial charge in [-0.1, -0.05) is 67.7 Å². The molecule has 1 atom stereocenters. The van der Waals surface area contributed by atoms with Gasteiger partial charge in [-0.05, 0) is 24.5 Å². The first-order valence-corrected chi connectivity index (χ1v) is 10.6. The largest absolute Gasteiger partial charge is 0.305 e. The number of rotatable bonds is 9. The van der Waals surface area contributed by atoms with E-state index in [2.05, 4.69) is 68.9 Å². The van der Waals surface area contributed by atoms with Gasteiger partial charge in [-0.25, -0.2) is 9.97 Å². The van der Waals surface area contributed by atoms with E-state index < -0.39 is 0 Å². The summed E-state index contributed by atoms with van der Waals surface area (Å²) < 4.78 is 2.25. The molecule has 0 bridgehead atoms. The van der Waals surface area contributed by atoms with Crippen molar-refractivity contribution in [2.75, 3.05) is 0 Å². The second-order valence-corrected chi connectivity index (χ2v) is 8.29. The second-order valence-electron chi connectivity index (χ2n) is 5.94. The van der Waals surface area contributed by atoms with Crippen molar-refractivity contribution in [2.24, 2.45) is 0 Å². The first kappa shape index (κ1) is 18.9. The van der Waals surface area contributed by atoms with Crippen molar-refractivity contribution in [3.63, 3.8) is 0 Å². The van der Waals surface area contributed by atoms with E-state index in [9.17, 15) is 0 Å². The first-order chi connectivity index (χ1) is 12.8. The van der Waals surface area contributed by atoms with Crippen molar-refractivity contribution in [1.82, 2.24) is 24.7 Å². The summed E-state index contributed by atoms with van der Waals surface area (Å²) in [6.07, 6.45) is 5.60. The summed E-state index contributed by atoms with van der Waals surface area (Å²) in [7, 11) is 0. The van der Waals surface area contributed by atoms with Crippen LogP contribution in [0.1, 0.15) is 31.7 Å². The molecule has 136 valence electrons. The summed E-state index contributed by atoms with van der Waals surface area (Å²) in [5, 5.41) is 11.2. The second kappa shape index (κ2) is 9.73. The Morgan fingerprint density at radius 2 is 1.81 bits per heavy atom. The maximum atomic E-state index is 4.45. The fourth-order valence-corrected chi connectivity index (χ4v) is 4.06. The molecule has 0 aliphatic carbocycles. The van der Waals surface area contributed by atoms with Gasteiger partial charge in [-0.2, -0.15) is 0 Å². The molecule has 3 aromatic rings. The minimum atomic E-state index is 0.521. The maximum Gasteiger partial charge on any atom is 0.191 e. The molecule has 2 aromatic heterocycles. The van der Waals surface area contributed by atoms with Gasteiger partial charge >= 0.3 is 0 Å². The Balaban J connectivity index is 1.74. The molecule has 3 rings (SSSR count). The Morgan fingerprint density at radius 1 is 1.04 bits per heavy atom. The predicted molar refractivity (Wildman–Crippen MR) is 107 cm³/mol. The van der Waals surface area contributed by atoms with Crippen LogP contribution in [0.15, 0.2) is 59.1 Å². The Bertz CT molecular complexity index is 792. The molecular weight excluding hydrogens is 362 g/mol. The number of aromatic nitrogens is 5. The van der Waals surface area contributed by atoms with E-state index in [4.69, 9.17) is 0 Å². The highest BCUT2D eigenvalue weighted by Gasteiger charge is 2.15. The summed E-state index contributed by atoms with van der Waals surface area (Å²) in [4.78, 5) is 8.55. The third-order valence-corrected chi connectivity index (χ3v) is 6.13. The number of thioether (sulfide) groups is 2. The lowest BCUT2D eigenvalue weighted by atomic mass is 10.1. The van der Waals surface area contributed by atoms with Gasteiger partial charge < -0.3 is 4.57 Å². The number of benzene rings is 1. The van der Waals surface area contributed by atoms with Crippen LogP contribution >= 0.6 is 23.5 Å². The van der Waals surface area contributed by atoms with Crippen LogP contribution in [-0.4, -0.2) is 30.0 Å². The average Bonchev–Trinajstić information content (AvgIpc) is 3.07. The molecule has 0 saturated heterocycles. The molecule has 7 heteroatoms. The Kier molecular flexibility index (Phi) is 7.08. The van der Waals surface area contributed by atoms with E-state index in [1.165, 1.54) is 5.56 Å². The van der Waals surface area contributed by atoms with E-state index in [0.29, 0.717) is 11.0 Å². The number of nitrogens with zero attached hydrogens (tertiary/aromatic N) is 5. The molecule has 0 aliphatic heterocycles. The van der Waals surface area contributed by atoms with Crippen LogP contribution in [0.4, 0.5) is 0 Å². The molecule has 0 fully saturated rings. The van der Waals surface area contributed by atoms with Crippen LogP contribution in [-0.2, 0) is 18.7 Å². The Labute approximate surface area is 163 Å². The van der Waals surface area contributed by atoms with Gasteiger partial charge in [0.25, 0.3) is 0 Å². The van der Waals surface area contributed by atoms with Gasteiger partial charge in [-0.15, -0.1) is 10.2 Å². The summed E-state index contributed by atoms with van der Waals surface area (Å²) in [6, 6.07) is 12.4. The zero-order valence-corrected chi connectivity index (χ0v) is 16.7. The van der Waals surface area contributed by atoms with E-state index in [1.807, 2.05) is 6.07 Å². The van der Waals surface area contributed by atoms with E-state index >= 15 is 0 Å². The van der Waals surface area contributed by atoms with Crippen LogP contribution < -0.4 is 0 Å². The highest BCUT2D eigenvalue weighted by atomic mass is 32.2. The maximum absolute atomic E-state index is 4.45. The molecule has 1 unspecified atom stereocenters. The van der Waals surface area contributed by atoms with Crippen LogP contribution in [0.3, 0.4) is 0 Å². The summed E-state index contributed by atoms with van der Waals surface area (Å²) >= 11 is 3.39. The Hall–Kier alpha value is -1.86. The zero-order valence-electron chi connectivity index (χ0n) is 15.1. The van der Waals surface area contributed by atoms with Crippen LogP contribution in [0.5, 0.6) is 0 Å². The topological polar surface area (TPSA) is 56.5 Å². The quantitative estimate of drug-likeness (QED) is 0.399. The highest BCUT2D eigenvalue weighted by Crippen LogP contribution is 2.26. The third-order valence-electron chi connectivity index (χ3n) is 4.01. The van der Waals surface area contributed by atoms with Crippen molar-refractivity contribution in [2.45, 2.75) is 54.5 Å². The summed E-state index contributed by atoms with van der Waals surface area (Å²) in [5.74, 6) is 1.69. The molecule has 0 amide bonds. The van der Waals surface area contributed by atoms with Crippen molar-refractivity contribution >= 4 is 23.5 Å². The van der Waals surface area contributed by atoms with E-state index in [0.717, 1.165) is 35.5 Å². The fourth-order valence-electron chi connectivity index (χ4n) is 2.38. The lowest BCUT2D eigenvalue weighted by Gasteiger charge is -2.12. The van der Waals surface area contributed by atoms with Crippen molar-refractivity contribution in [3.8, 4) is 0 Å². The van der Waals surface area contributed by atoms with Gasteiger partial charge in [0, 0.05) is 24.2 Å². The molecule has 0 radical (unpaired) electrons. The molecular formula is C19H23N5S2. The number of hydrogen-bond acceptors (Lipinski definition) is 6. The van der Waals surface area contributed by atoms with Crippen molar-refractivity contribution in [3.05, 3.63) is 60.2 Å². The molecule has 0 aliphatic rings. The lowest BCUT2D eigenvalue weighted by molar-refractivity contribution is 0.614. The van der Waals surface area contributed by atoms with E-state index in [1.54, 1.807) is 35.9 Å². The standard InChI is InChI=1S/C19H23N5S2/c1-3-15(2)26-19-23-22-17(14-25-18-20-11-7-12-21-18)24(19)13-10-16-8-5-4-6-9-16/h4-9,11-12,15H,3,10,13-14H2,1-2H3. The molecule has 0 saturated carbocycles. The molecule has 0 spiro atoms. The molecule has 26 heavy (non-hydrogen) atoms. The number of aryl methyl sites for hydroxylation is 1. The SMILES string of the molecule is CCC(C)Sc1nnc(CSc2ncccn2)n1CCc1ccccc1. The minimum absolute atomic E-state index is 0.521. The van der Waals surface area contributed by atoms with Crippen LogP contribution in [0.25, 0.3) is 0 Å². The third kappa shape index (κ3) is 5.32.